The van der Waals surface area contributed by atoms with Gasteiger partial charge in [0, 0.05) is 42.5 Å². The maximum absolute atomic E-state index is 13.4. The van der Waals surface area contributed by atoms with E-state index < -0.39 is 29.9 Å². The van der Waals surface area contributed by atoms with Crippen LogP contribution in [0.15, 0.2) is 72.8 Å². The van der Waals surface area contributed by atoms with Gasteiger partial charge in [-0.3, -0.25) is 9.69 Å². The Bertz CT molecular complexity index is 1390. The summed E-state index contributed by atoms with van der Waals surface area (Å²) < 4.78 is 45.5. The maximum Gasteiger partial charge on any atom is 0.416 e. The zero-order valence-corrected chi connectivity index (χ0v) is 24.4. The Morgan fingerprint density at radius 3 is 2.40 bits per heavy atom. The molecule has 0 spiro atoms. The van der Waals surface area contributed by atoms with E-state index in [4.69, 9.17) is 4.74 Å². The average molecular weight is 599 g/mol. The third-order valence-corrected chi connectivity index (χ3v) is 7.43. The van der Waals surface area contributed by atoms with Crippen LogP contribution in [0.4, 0.5) is 29.3 Å². The zero-order valence-electron chi connectivity index (χ0n) is 24.4. The van der Waals surface area contributed by atoms with Gasteiger partial charge >= 0.3 is 12.2 Å². The summed E-state index contributed by atoms with van der Waals surface area (Å²) in [6.07, 6.45) is -4.78. The van der Waals surface area contributed by atoms with Gasteiger partial charge in [0.25, 0.3) is 0 Å². The molecule has 3 aromatic rings. The number of anilines is 2. The molecule has 1 aliphatic heterocycles. The fourth-order valence-corrected chi connectivity index (χ4v) is 5.02. The van der Waals surface area contributed by atoms with E-state index in [9.17, 15) is 27.9 Å². The number of rotatable bonds is 8. The molecule has 3 atom stereocenters. The van der Waals surface area contributed by atoms with Gasteiger partial charge in [0.05, 0.1) is 24.6 Å². The van der Waals surface area contributed by atoms with E-state index in [0.29, 0.717) is 42.3 Å². The summed E-state index contributed by atoms with van der Waals surface area (Å²) in [6, 6.07) is 18.4. The molecule has 3 N–H and O–H groups in total. The van der Waals surface area contributed by atoms with Gasteiger partial charge in [-0.15, -0.1) is 0 Å². The highest BCUT2D eigenvalue weighted by Gasteiger charge is 2.32. The van der Waals surface area contributed by atoms with Gasteiger partial charge in [0.1, 0.15) is 11.9 Å². The molecule has 0 bridgehead atoms. The molecule has 0 radical (unpaired) electrons. The lowest BCUT2D eigenvalue weighted by atomic mass is 10.0. The summed E-state index contributed by atoms with van der Waals surface area (Å²) in [6.45, 7) is 4.71. The minimum atomic E-state index is -4.39. The van der Waals surface area contributed by atoms with E-state index in [1.54, 1.807) is 42.2 Å². The van der Waals surface area contributed by atoms with Crippen LogP contribution in [0.3, 0.4) is 0 Å². The molecule has 4 rings (SSSR count). The minimum Gasteiger partial charge on any atom is -0.488 e. The third-order valence-electron chi connectivity index (χ3n) is 7.43. The number of likely N-dealkylation sites (N-methyl/N-ethyl adjacent to an activating group) is 1. The van der Waals surface area contributed by atoms with Gasteiger partial charge in [-0.25, -0.2) is 4.79 Å². The number of nitrogens with one attached hydrogen (secondary N) is 2. The minimum absolute atomic E-state index is 0.0102. The Kier molecular flexibility index (Phi) is 10.3. The second-order valence-corrected chi connectivity index (χ2v) is 11.0. The first kappa shape index (κ1) is 31.8. The van der Waals surface area contributed by atoms with Crippen molar-refractivity contribution < 1.29 is 32.6 Å². The summed E-state index contributed by atoms with van der Waals surface area (Å²) in [5, 5.41) is 15.4. The second kappa shape index (κ2) is 13.9. The molecular weight excluding hydrogens is 561 g/mol. The number of fused-ring (bicyclic) bond motifs is 1. The molecule has 43 heavy (non-hydrogen) atoms. The number of amides is 3. The fraction of sp³-hybridized carbons (Fsp3) is 0.375. The molecule has 8 nitrogen and oxygen atoms in total. The predicted octanol–water partition coefficient (Wildman–Crippen LogP) is 5.63. The van der Waals surface area contributed by atoms with Crippen molar-refractivity contribution in [2.24, 2.45) is 5.92 Å². The summed E-state index contributed by atoms with van der Waals surface area (Å²) in [5.41, 5.74) is 1.72. The number of benzene rings is 3. The predicted molar refractivity (Wildman–Crippen MR) is 159 cm³/mol. The Hall–Kier alpha value is -4.09. The fourth-order valence-electron chi connectivity index (χ4n) is 5.02. The number of hydrogen-bond donors (Lipinski definition) is 3. The lowest BCUT2D eigenvalue weighted by Gasteiger charge is -2.34. The van der Waals surface area contributed by atoms with Gasteiger partial charge in [0.15, 0.2) is 0 Å². The van der Waals surface area contributed by atoms with Gasteiger partial charge in [0.2, 0.25) is 5.91 Å². The smallest absolute Gasteiger partial charge is 0.416 e. The highest BCUT2D eigenvalue weighted by Crippen LogP contribution is 2.31. The topological polar surface area (TPSA) is 94.1 Å². The largest absolute Gasteiger partial charge is 0.488 e. The number of carbonyl (C=O) groups excluding carboxylic acids is 2. The normalized spacial score (nSPS) is 18.1. The van der Waals surface area contributed by atoms with Crippen molar-refractivity contribution in [1.82, 2.24) is 9.80 Å². The standard InChI is InChI=1S/C32H37F3N4O4/c1-21-17-39(22(2)20-40)30(41)16-24-15-27(37-31(42)36-26-7-5-4-6-8-26)13-14-28(24)43-29(21)19-38(3)18-23-9-11-25(12-10-23)32(33,34)35/h4-15,21-22,29,40H,16-20H2,1-3H3,(H2,36,37,42)/t21-,22-,29+/m1/s1. The number of nitrogens with zero attached hydrogens (tertiary/aromatic N) is 2. The first-order valence-electron chi connectivity index (χ1n) is 14.1. The number of para-hydroxylation sites is 1. The van der Waals surface area contributed by atoms with Crippen molar-refractivity contribution in [1.29, 1.82) is 0 Å². The molecular formula is C32H37F3N4O4. The Labute approximate surface area is 249 Å². The summed E-state index contributed by atoms with van der Waals surface area (Å²) in [5.74, 6) is 0.178. The van der Waals surface area contributed by atoms with Crippen LogP contribution in [0, 0.1) is 5.92 Å². The SMILES string of the molecule is C[C@@H]1CN([C@H](C)CO)C(=O)Cc2cc(NC(=O)Nc3ccccc3)ccc2O[C@H]1CN(C)Cc1ccc(C(F)(F)F)cc1. The van der Waals surface area contributed by atoms with Crippen LogP contribution in [0.5, 0.6) is 5.75 Å². The molecule has 0 unspecified atom stereocenters. The molecule has 0 saturated carbocycles. The number of alkyl halides is 3. The first-order chi connectivity index (χ1) is 20.4. The van der Waals surface area contributed by atoms with Crippen LogP contribution < -0.4 is 15.4 Å². The number of hydrogen-bond acceptors (Lipinski definition) is 5. The van der Waals surface area contributed by atoms with E-state index in [1.165, 1.54) is 12.1 Å². The molecule has 1 heterocycles. The highest BCUT2D eigenvalue weighted by molar-refractivity contribution is 5.99. The van der Waals surface area contributed by atoms with Gasteiger partial charge in [-0.2, -0.15) is 13.2 Å². The number of urea groups is 1. The highest BCUT2D eigenvalue weighted by atomic mass is 19.4. The van der Waals surface area contributed by atoms with Crippen LogP contribution in [-0.2, 0) is 23.9 Å². The molecule has 3 aromatic carbocycles. The lowest BCUT2D eigenvalue weighted by molar-refractivity contribution is -0.137. The van der Waals surface area contributed by atoms with Crippen molar-refractivity contribution in [2.75, 3.05) is 37.4 Å². The van der Waals surface area contributed by atoms with E-state index in [2.05, 4.69) is 10.6 Å². The van der Waals surface area contributed by atoms with Crippen LogP contribution in [0.2, 0.25) is 0 Å². The molecule has 230 valence electrons. The maximum atomic E-state index is 13.4. The van der Waals surface area contributed by atoms with Crippen molar-refractivity contribution in [2.45, 2.75) is 45.1 Å². The monoisotopic (exact) mass is 598 g/mol. The van der Waals surface area contributed by atoms with E-state index >= 15 is 0 Å². The Balaban J connectivity index is 1.54. The summed E-state index contributed by atoms with van der Waals surface area (Å²) >= 11 is 0. The first-order valence-corrected chi connectivity index (χ1v) is 14.1. The van der Waals surface area contributed by atoms with Crippen LogP contribution in [0.1, 0.15) is 30.5 Å². The molecule has 0 aliphatic carbocycles. The number of ether oxygens (including phenoxy) is 1. The van der Waals surface area contributed by atoms with E-state index in [-0.39, 0.29) is 24.9 Å². The van der Waals surface area contributed by atoms with Crippen LogP contribution >= 0.6 is 0 Å². The van der Waals surface area contributed by atoms with Crippen molar-refractivity contribution in [3.05, 3.63) is 89.5 Å². The molecule has 0 aromatic heterocycles. The van der Waals surface area contributed by atoms with Crippen LogP contribution in [0.25, 0.3) is 0 Å². The van der Waals surface area contributed by atoms with Gasteiger partial charge < -0.3 is 25.4 Å². The molecule has 3 amide bonds. The number of aliphatic hydroxyl groups is 1. The Morgan fingerprint density at radius 2 is 1.74 bits per heavy atom. The second-order valence-electron chi connectivity index (χ2n) is 11.0. The molecule has 1 aliphatic rings. The molecule has 11 heteroatoms. The van der Waals surface area contributed by atoms with E-state index in [1.807, 2.05) is 37.1 Å². The Morgan fingerprint density at radius 1 is 1.07 bits per heavy atom. The van der Waals surface area contributed by atoms with Crippen molar-refractivity contribution in [3.8, 4) is 5.75 Å². The van der Waals surface area contributed by atoms with Crippen molar-refractivity contribution in [3.63, 3.8) is 0 Å². The number of aliphatic hydroxyl groups excluding tert-OH is 1. The van der Waals surface area contributed by atoms with Crippen LogP contribution in [-0.4, -0.2) is 65.7 Å². The van der Waals surface area contributed by atoms with Gasteiger partial charge in [-0.1, -0.05) is 37.3 Å². The zero-order chi connectivity index (χ0) is 31.1. The van der Waals surface area contributed by atoms with Gasteiger partial charge in [-0.05, 0) is 62.0 Å². The molecule has 0 saturated heterocycles. The summed E-state index contributed by atoms with van der Waals surface area (Å²) in [4.78, 5) is 29.6. The molecule has 0 fully saturated rings. The third kappa shape index (κ3) is 8.71. The number of halogens is 3. The van der Waals surface area contributed by atoms with Crippen molar-refractivity contribution >= 4 is 23.3 Å². The van der Waals surface area contributed by atoms with E-state index in [0.717, 1.165) is 17.7 Å². The number of carbonyl (C=O) groups is 2. The lowest BCUT2D eigenvalue weighted by Crippen LogP contribution is -2.47. The average Bonchev–Trinajstić information content (AvgIpc) is 3.00. The quantitative estimate of drug-likeness (QED) is 0.313. The summed E-state index contributed by atoms with van der Waals surface area (Å²) in [7, 11) is 1.86.